The van der Waals surface area contributed by atoms with Crippen LogP contribution in [-0.4, -0.2) is 5.91 Å². The van der Waals surface area contributed by atoms with Crippen LogP contribution in [0.25, 0.3) is 6.08 Å². The molecule has 0 aliphatic rings. The summed E-state index contributed by atoms with van der Waals surface area (Å²) in [6, 6.07) is 13.3. The molecule has 0 unspecified atom stereocenters. The average molecular weight is 229 g/mol. The second kappa shape index (κ2) is 5.28. The van der Waals surface area contributed by atoms with Gasteiger partial charge in [0.2, 0.25) is 5.91 Å². The Morgan fingerprint density at radius 2 is 1.94 bits per heavy atom. The van der Waals surface area contributed by atoms with Gasteiger partial charge in [-0.2, -0.15) is 0 Å². The van der Waals surface area contributed by atoms with Crippen LogP contribution in [-0.2, 0) is 4.79 Å². The van der Waals surface area contributed by atoms with Crippen LogP contribution in [0.3, 0.4) is 0 Å². The maximum absolute atomic E-state index is 11.5. The largest absolute Gasteiger partial charge is 0.323 e. The van der Waals surface area contributed by atoms with E-state index in [9.17, 15) is 4.79 Å². The Bertz CT molecular complexity index is 474. The molecule has 0 bridgehead atoms. The standard InChI is InChI=1S/C13H11NOS/c15-13(9-8-12-7-4-10-16-12)14-11-5-2-1-3-6-11/h1-10H,(H,14,15)/b9-8+. The number of nitrogens with one attached hydrogen (secondary N) is 1. The van der Waals surface area contributed by atoms with Crippen molar-refractivity contribution in [2.75, 3.05) is 5.32 Å². The van der Waals surface area contributed by atoms with Crippen molar-refractivity contribution < 1.29 is 4.79 Å². The summed E-state index contributed by atoms with van der Waals surface area (Å²) in [6.45, 7) is 0. The van der Waals surface area contributed by atoms with Crippen LogP contribution in [0.1, 0.15) is 4.88 Å². The fourth-order valence-electron chi connectivity index (χ4n) is 1.25. The van der Waals surface area contributed by atoms with E-state index in [-0.39, 0.29) is 5.91 Å². The molecule has 1 aromatic heterocycles. The molecule has 3 heteroatoms. The van der Waals surface area contributed by atoms with E-state index in [1.54, 1.807) is 17.4 Å². The zero-order chi connectivity index (χ0) is 11.2. The first-order chi connectivity index (χ1) is 7.84. The summed E-state index contributed by atoms with van der Waals surface area (Å²) >= 11 is 1.60. The van der Waals surface area contributed by atoms with E-state index in [1.165, 1.54) is 0 Å². The molecule has 0 radical (unpaired) electrons. The molecule has 1 aromatic carbocycles. The van der Waals surface area contributed by atoms with Gasteiger partial charge in [0.25, 0.3) is 0 Å². The van der Waals surface area contributed by atoms with E-state index in [0.29, 0.717) is 0 Å². The minimum atomic E-state index is -0.111. The van der Waals surface area contributed by atoms with Crippen LogP contribution in [0.5, 0.6) is 0 Å². The van der Waals surface area contributed by atoms with Gasteiger partial charge in [0.1, 0.15) is 0 Å². The highest BCUT2D eigenvalue weighted by Crippen LogP contribution is 2.10. The number of benzene rings is 1. The minimum Gasteiger partial charge on any atom is -0.323 e. The number of thiophene rings is 1. The Labute approximate surface area is 98.2 Å². The summed E-state index contributed by atoms with van der Waals surface area (Å²) in [5.41, 5.74) is 0.809. The molecule has 2 aromatic rings. The second-order valence-corrected chi connectivity index (χ2v) is 4.18. The summed E-state index contributed by atoms with van der Waals surface area (Å²) in [7, 11) is 0. The van der Waals surface area contributed by atoms with E-state index in [1.807, 2.05) is 53.9 Å². The van der Waals surface area contributed by atoms with E-state index in [0.717, 1.165) is 10.6 Å². The number of rotatable bonds is 3. The molecular weight excluding hydrogens is 218 g/mol. The van der Waals surface area contributed by atoms with Gasteiger partial charge in [-0.05, 0) is 29.7 Å². The van der Waals surface area contributed by atoms with E-state index < -0.39 is 0 Å². The van der Waals surface area contributed by atoms with Crippen molar-refractivity contribution in [1.29, 1.82) is 0 Å². The second-order valence-electron chi connectivity index (χ2n) is 3.20. The van der Waals surface area contributed by atoms with Crippen LogP contribution in [0.2, 0.25) is 0 Å². The lowest BCUT2D eigenvalue weighted by molar-refractivity contribution is -0.111. The van der Waals surface area contributed by atoms with Gasteiger partial charge in [-0.15, -0.1) is 11.3 Å². The Balaban J connectivity index is 1.95. The quantitative estimate of drug-likeness (QED) is 0.803. The van der Waals surface area contributed by atoms with Gasteiger partial charge >= 0.3 is 0 Å². The van der Waals surface area contributed by atoms with Crippen LogP contribution in [0.15, 0.2) is 53.9 Å². The Morgan fingerprint density at radius 1 is 1.12 bits per heavy atom. The van der Waals surface area contributed by atoms with Gasteiger partial charge in [0.15, 0.2) is 0 Å². The molecule has 2 nitrogen and oxygen atoms in total. The molecule has 1 N–H and O–H groups in total. The highest BCUT2D eigenvalue weighted by molar-refractivity contribution is 7.10. The molecule has 80 valence electrons. The lowest BCUT2D eigenvalue weighted by Crippen LogP contribution is -2.07. The molecule has 1 amide bonds. The van der Waals surface area contributed by atoms with E-state index in [2.05, 4.69) is 5.32 Å². The van der Waals surface area contributed by atoms with Crippen molar-refractivity contribution in [3.05, 3.63) is 58.8 Å². The zero-order valence-corrected chi connectivity index (χ0v) is 9.41. The SMILES string of the molecule is O=C(/C=C/c1cccs1)Nc1ccccc1. The summed E-state index contributed by atoms with van der Waals surface area (Å²) in [5, 5.41) is 4.76. The molecule has 0 aliphatic heterocycles. The van der Waals surface area contributed by atoms with Crippen molar-refractivity contribution in [3.63, 3.8) is 0 Å². The first kappa shape index (κ1) is 10.6. The van der Waals surface area contributed by atoms with E-state index in [4.69, 9.17) is 0 Å². The molecule has 0 spiro atoms. The summed E-state index contributed by atoms with van der Waals surface area (Å²) < 4.78 is 0. The monoisotopic (exact) mass is 229 g/mol. The predicted octanol–water partition coefficient (Wildman–Crippen LogP) is 3.40. The van der Waals surface area contributed by atoms with Gasteiger partial charge in [-0.3, -0.25) is 4.79 Å². The maximum atomic E-state index is 11.5. The van der Waals surface area contributed by atoms with Crippen molar-refractivity contribution >= 4 is 29.0 Å². The number of anilines is 1. The van der Waals surface area contributed by atoms with Gasteiger partial charge in [0.05, 0.1) is 0 Å². The lowest BCUT2D eigenvalue weighted by Gasteiger charge is -1.99. The van der Waals surface area contributed by atoms with Gasteiger partial charge < -0.3 is 5.32 Å². The van der Waals surface area contributed by atoms with Crippen molar-refractivity contribution in [1.82, 2.24) is 0 Å². The van der Waals surface area contributed by atoms with Gasteiger partial charge in [-0.25, -0.2) is 0 Å². The number of carbonyl (C=O) groups is 1. The van der Waals surface area contributed by atoms with E-state index >= 15 is 0 Å². The highest BCUT2D eigenvalue weighted by Gasteiger charge is 1.96. The minimum absolute atomic E-state index is 0.111. The fraction of sp³-hybridized carbons (Fsp3) is 0. The molecule has 1 heterocycles. The Kier molecular flexibility index (Phi) is 3.51. The van der Waals surface area contributed by atoms with Crippen LogP contribution in [0.4, 0.5) is 5.69 Å². The topological polar surface area (TPSA) is 29.1 Å². The third kappa shape index (κ3) is 3.07. The lowest BCUT2D eigenvalue weighted by atomic mass is 10.3. The number of hydrogen-bond acceptors (Lipinski definition) is 2. The number of para-hydroxylation sites is 1. The van der Waals surface area contributed by atoms with Gasteiger partial charge in [-0.1, -0.05) is 24.3 Å². The highest BCUT2D eigenvalue weighted by atomic mass is 32.1. The Morgan fingerprint density at radius 3 is 2.62 bits per heavy atom. The maximum Gasteiger partial charge on any atom is 0.248 e. The number of hydrogen-bond donors (Lipinski definition) is 1. The molecule has 16 heavy (non-hydrogen) atoms. The van der Waals surface area contributed by atoms with Crippen molar-refractivity contribution in [2.45, 2.75) is 0 Å². The van der Waals surface area contributed by atoms with Gasteiger partial charge in [0, 0.05) is 16.6 Å². The fourth-order valence-corrected chi connectivity index (χ4v) is 1.87. The van der Waals surface area contributed by atoms with Crippen molar-refractivity contribution in [2.24, 2.45) is 0 Å². The van der Waals surface area contributed by atoms with Crippen LogP contribution < -0.4 is 5.32 Å². The smallest absolute Gasteiger partial charge is 0.248 e. The molecule has 0 saturated heterocycles. The first-order valence-corrected chi connectivity index (χ1v) is 5.80. The molecule has 0 aliphatic carbocycles. The summed E-state index contributed by atoms with van der Waals surface area (Å²) in [5.74, 6) is -0.111. The van der Waals surface area contributed by atoms with Crippen molar-refractivity contribution in [3.8, 4) is 0 Å². The summed E-state index contributed by atoms with van der Waals surface area (Å²) in [4.78, 5) is 12.6. The third-order valence-corrected chi connectivity index (χ3v) is 2.82. The van der Waals surface area contributed by atoms with Crippen LogP contribution in [0, 0.1) is 0 Å². The molecule has 0 fully saturated rings. The number of carbonyl (C=O) groups excluding carboxylic acids is 1. The molecule has 2 rings (SSSR count). The summed E-state index contributed by atoms with van der Waals surface area (Å²) in [6.07, 6.45) is 3.35. The first-order valence-electron chi connectivity index (χ1n) is 4.92. The third-order valence-electron chi connectivity index (χ3n) is 1.98. The normalized spacial score (nSPS) is 10.5. The van der Waals surface area contributed by atoms with Crippen LogP contribution >= 0.6 is 11.3 Å². The average Bonchev–Trinajstić information content (AvgIpc) is 2.81. The molecule has 0 atom stereocenters. The molecular formula is C13H11NOS. The predicted molar refractivity (Wildman–Crippen MR) is 68.4 cm³/mol. The zero-order valence-electron chi connectivity index (χ0n) is 8.59. The Hall–Kier alpha value is -1.87. The number of amides is 1. The molecule has 0 saturated carbocycles.